The molecule has 4 nitrogen and oxygen atoms in total. The van der Waals surface area contributed by atoms with Crippen LogP contribution in [0, 0.1) is 0 Å². The first-order valence-corrected chi connectivity index (χ1v) is 6.48. The Morgan fingerprint density at radius 3 is 2.59 bits per heavy atom. The van der Waals surface area contributed by atoms with Gasteiger partial charge in [-0.05, 0) is 45.2 Å². The summed E-state index contributed by atoms with van der Waals surface area (Å²) in [5.74, 6) is 1.46. The average molecular weight is 315 g/mol. The first kappa shape index (κ1) is 12.3. The second-order valence-corrected chi connectivity index (χ2v) is 4.87. The van der Waals surface area contributed by atoms with E-state index in [0.717, 1.165) is 28.5 Å². The van der Waals surface area contributed by atoms with Crippen molar-refractivity contribution in [2.45, 2.75) is 6.42 Å². The summed E-state index contributed by atoms with van der Waals surface area (Å²) in [5, 5.41) is 0.962. The third-order valence-electron chi connectivity index (χ3n) is 2.25. The number of nitrogens with zero attached hydrogens (tertiary/aromatic N) is 2. The highest BCUT2D eigenvalue weighted by Crippen LogP contribution is 2.28. The molecule has 0 fully saturated rings. The van der Waals surface area contributed by atoms with Crippen LogP contribution >= 0.6 is 27.5 Å². The first-order valence-electron chi connectivity index (χ1n) is 4.92. The van der Waals surface area contributed by atoms with Crippen molar-refractivity contribution in [3.63, 3.8) is 0 Å². The molecule has 1 aromatic carbocycles. The molecule has 0 saturated heterocycles. The molecular formula is C11H11BrN2O2S. The zero-order valence-corrected chi connectivity index (χ0v) is 11.8. The Hall–Kier alpha value is -1.14. The normalized spacial score (nSPS) is 10.3. The highest BCUT2D eigenvalue weighted by molar-refractivity contribution is 9.10. The minimum atomic E-state index is 0.637. The summed E-state index contributed by atoms with van der Waals surface area (Å²) in [6.07, 6.45) is 0.740. The Bertz CT molecular complexity index is 516. The standard InChI is InChI=1S/C11H11BrN2O2S/c1-15-8-4-3-7(5-9(8)16-2)6-10-13-11(12)14-17-10/h3-5H,6H2,1-2H3. The summed E-state index contributed by atoms with van der Waals surface area (Å²) in [6.45, 7) is 0. The molecule has 6 heteroatoms. The number of ether oxygens (including phenoxy) is 2. The van der Waals surface area contributed by atoms with Crippen molar-refractivity contribution in [1.29, 1.82) is 0 Å². The monoisotopic (exact) mass is 314 g/mol. The lowest BCUT2D eigenvalue weighted by molar-refractivity contribution is 0.354. The van der Waals surface area contributed by atoms with Gasteiger partial charge in [-0.1, -0.05) is 6.07 Å². The van der Waals surface area contributed by atoms with Crippen LogP contribution in [-0.4, -0.2) is 23.6 Å². The number of hydrogen-bond donors (Lipinski definition) is 0. The molecular weight excluding hydrogens is 304 g/mol. The number of methoxy groups -OCH3 is 2. The van der Waals surface area contributed by atoms with Crippen molar-refractivity contribution in [3.8, 4) is 11.5 Å². The fraction of sp³-hybridized carbons (Fsp3) is 0.273. The molecule has 2 aromatic rings. The number of halogens is 1. The quantitative estimate of drug-likeness (QED) is 0.870. The van der Waals surface area contributed by atoms with Crippen LogP contribution in [-0.2, 0) is 6.42 Å². The van der Waals surface area contributed by atoms with Crippen LogP contribution in [0.3, 0.4) is 0 Å². The van der Waals surface area contributed by atoms with Gasteiger partial charge in [0, 0.05) is 6.42 Å². The van der Waals surface area contributed by atoms with E-state index in [1.165, 1.54) is 11.5 Å². The zero-order valence-electron chi connectivity index (χ0n) is 9.44. The van der Waals surface area contributed by atoms with Crippen LogP contribution < -0.4 is 9.47 Å². The molecule has 2 rings (SSSR count). The van der Waals surface area contributed by atoms with Gasteiger partial charge in [-0.15, -0.1) is 0 Å². The summed E-state index contributed by atoms with van der Waals surface area (Å²) in [6, 6.07) is 5.84. The van der Waals surface area contributed by atoms with E-state index in [2.05, 4.69) is 25.3 Å². The van der Waals surface area contributed by atoms with Crippen molar-refractivity contribution in [3.05, 3.63) is 33.5 Å². The van der Waals surface area contributed by atoms with Crippen LogP contribution in [0.4, 0.5) is 0 Å². The maximum atomic E-state index is 5.25. The summed E-state index contributed by atoms with van der Waals surface area (Å²) in [5.41, 5.74) is 1.12. The van der Waals surface area contributed by atoms with Crippen molar-refractivity contribution in [2.75, 3.05) is 14.2 Å². The van der Waals surface area contributed by atoms with E-state index in [0.29, 0.717) is 4.73 Å². The Morgan fingerprint density at radius 2 is 2.00 bits per heavy atom. The van der Waals surface area contributed by atoms with Gasteiger partial charge < -0.3 is 9.47 Å². The van der Waals surface area contributed by atoms with Crippen molar-refractivity contribution in [2.24, 2.45) is 0 Å². The summed E-state index contributed by atoms with van der Waals surface area (Å²) in [7, 11) is 3.25. The van der Waals surface area contributed by atoms with E-state index < -0.39 is 0 Å². The minimum Gasteiger partial charge on any atom is -0.493 e. The molecule has 0 amide bonds. The maximum absolute atomic E-state index is 5.25. The molecule has 0 aliphatic rings. The lowest BCUT2D eigenvalue weighted by Crippen LogP contribution is -1.93. The number of rotatable bonds is 4. The molecule has 0 unspecified atom stereocenters. The van der Waals surface area contributed by atoms with E-state index in [4.69, 9.17) is 9.47 Å². The largest absolute Gasteiger partial charge is 0.493 e. The van der Waals surface area contributed by atoms with E-state index >= 15 is 0 Å². The SMILES string of the molecule is COc1ccc(Cc2nc(Br)ns2)cc1OC. The van der Waals surface area contributed by atoms with Gasteiger partial charge in [0.15, 0.2) is 11.5 Å². The Balaban J connectivity index is 2.22. The average Bonchev–Trinajstić information content (AvgIpc) is 2.74. The van der Waals surface area contributed by atoms with Crippen molar-refractivity contribution >= 4 is 27.5 Å². The van der Waals surface area contributed by atoms with Gasteiger partial charge in [0.25, 0.3) is 0 Å². The maximum Gasteiger partial charge on any atom is 0.209 e. The lowest BCUT2D eigenvalue weighted by Gasteiger charge is -2.08. The smallest absolute Gasteiger partial charge is 0.209 e. The molecule has 0 spiro atoms. The Labute approximate surface area is 112 Å². The van der Waals surface area contributed by atoms with Crippen LogP contribution in [0.5, 0.6) is 11.5 Å². The van der Waals surface area contributed by atoms with Crippen LogP contribution in [0.15, 0.2) is 22.9 Å². The molecule has 0 aliphatic heterocycles. The van der Waals surface area contributed by atoms with Gasteiger partial charge in [-0.25, -0.2) is 4.98 Å². The number of benzene rings is 1. The lowest BCUT2D eigenvalue weighted by atomic mass is 10.1. The summed E-state index contributed by atoms with van der Waals surface area (Å²) < 4.78 is 15.2. The van der Waals surface area contributed by atoms with E-state index in [9.17, 15) is 0 Å². The molecule has 0 N–H and O–H groups in total. The van der Waals surface area contributed by atoms with Crippen LogP contribution in [0.25, 0.3) is 0 Å². The van der Waals surface area contributed by atoms with E-state index in [-0.39, 0.29) is 0 Å². The van der Waals surface area contributed by atoms with Gasteiger partial charge in [-0.2, -0.15) is 4.37 Å². The van der Waals surface area contributed by atoms with Crippen molar-refractivity contribution < 1.29 is 9.47 Å². The highest BCUT2D eigenvalue weighted by Gasteiger charge is 2.07. The van der Waals surface area contributed by atoms with Crippen LogP contribution in [0.1, 0.15) is 10.6 Å². The van der Waals surface area contributed by atoms with E-state index in [1.807, 2.05) is 18.2 Å². The zero-order chi connectivity index (χ0) is 12.3. The number of hydrogen-bond acceptors (Lipinski definition) is 5. The first-order chi connectivity index (χ1) is 8.22. The predicted molar refractivity (Wildman–Crippen MR) is 70.0 cm³/mol. The minimum absolute atomic E-state index is 0.637. The molecule has 0 aliphatic carbocycles. The van der Waals surface area contributed by atoms with Gasteiger partial charge in [0.05, 0.1) is 14.2 Å². The van der Waals surface area contributed by atoms with Gasteiger partial charge in [0.1, 0.15) is 5.01 Å². The third kappa shape index (κ3) is 2.95. The van der Waals surface area contributed by atoms with E-state index in [1.54, 1.807) is 14.2 Å². The Morgan fingerprint density at radius 1 is 1.24 bits per heavy atom. The second-order valence-electron chi connectivity index (χ2n) is 3.32. The molecule has 0 radical (unpaired) electrons. The van der Waals surface area contributed by atoms with Crippen molar-refractivity contribution in [1.82, 2.24) is 9.36 Å². The second kappa shape index (κ2) is 5.46. The van der Waals surface area contributed by atoms with Gasteiger partial charge in [0.2, 0.25) is 4.73 Å². The molecule has 1 heterocycles. The predicted octanol–water partition coefficient (Wildman–Crippen LogP) is 2.91. The van der Waals surface area contributed by atoms with Gasteiger partial charge in [-0.3, -0.25) is 0 Å². The summed E-state index contributed by atoms with van der Waals surface area (Å²) in [4.78, 5) is 4.26. The van der Waals surface area contributed by atoms with Crippen LogP contribution in [0.2, 0.25) is 0 Å². The topological polar surface area (TPSA) is 44.2 Å². The fourth-order valence-electron chi connectivity index (χ4n) is 1.47. The van der Waals surface area contributed by atoms with Gasteiger partial charge >= 0.3 is 0 Å². The highest BCUT2D eigenvalue weighted by atomic mass is 79.9. The molecule has 90 valence electrons. The molecule has 1 aromatic heterocycles. The fourth-order valence-corrected chi connectivity index (χ4v) is 2.60. The molecule has 0 bridgehead atoms. The summed E-state index contributed by atoms with van der Waals surface area (Å²) >= 11 is 4.63. The number of aromatic nitrogens is 2. The molecule has 17 heavy (non-hydrogen) atoms. The Kier molecular flexibility index (Phi) is 3.96. The molecule has 0 saturated carbocycles. The third-order valence-corrected chi connectivity index (χ3v) is 3.55. The molecule has 0 atom stereocenters.